The van der Waals surface area contributed by atoms with Gasteiger partial charge in [-0.2, -0.15) is 0 Å². The standard InChI is InChI=1S/C14H20O/c1-5-6-7-13(15)14-11(3)8-10(2)9-12(14)4/h8-9H,5-7H2,1-4H3. The molecule has 82 valence electrons. The first-order chi connectivity index (χ1) is 7.06. The van der Waals surface area contributed by atoms with Gasteiger partial charge in [0.25, 0.3) is 0 Å². The molecule has 15 heavy (non-hydrogen) atoms. The summed E-state index contributed by atoms with van der Waals surface area (Å²) in [5.74, 6) is 0.298. The molecular weight excluding hydrogens is 184 g/mol. The topological polar surface area (TPSA) is 17.1 Å². The maximum atomic E-state index is 12.0. The molecule has 0 aliphatic heterocycles. The Morgan fingerprint density at radius 2 is 1.67 bits per heavy atom. The first-order valence-electron chi connectivity index (χ1n) is 5.67. The maximum Gasteiger partial charge on any atom is 0.163 e. The lowest BCUT2D eigenvalue weighted by molar-refractivity contribution is 0.0978. The van der Waals surface area contributed by atoms with E-state index in [1.54, 1.807) is 0 Å². The number of benzene rings is 1. The largest absolute Gasteiger partial charge is 0.294 e. The molecule has 1 aromatic rings. The molecule has 0 spiro atoms. The van der Waals surface area contributed by atoms with Gasteiger partial charge in [-0.3, -0.25) is 4.79 Å². The van der Waals surface area contributed by atoms with Crippen LogP contribution in [0.15, 0.2) is 12.1 Å². The minimum absolute atomic E-state index is 0.298. The number of unbranched alkanes of at least 4 members (excludes halogenated alkanes) is 1. The highest BCUT2D eigenvalue weighted by Crippen LogP contribution is 2.18. The molecule has 0 saturated carbocycles. The molecular formula is C14H20O. The van der Waals surface area contributed by atoms with Crippen LogP contribution < -0.4 is 0 Å². The fourth-order valence-corrected chi connectivity index (χ4v) is 2.08. The molecule has 0 radical (unpaired) electrons. The molecule has 1 aromatic carbocycles. The number of carbonyl (C=O) groups excluding carboxylic acids is 1. The third-order valence-corrected chi connectivity index (χ3v) is 2.71. The van der Waals surface area contributed by atoms with Crippen LogP contribution in [-0.4, -0.2) is 5.78 Å². The monoisotopic (exact) mass is 204 g/mol. The van der Waals surface area contributed by atoms with E-state index >= 15 is 0 Å². The second kappa shape index (κ2) is 5.11. The molecule has 0 fully saturated rings. The molecule has 0 unspecified atom stereocenters. The van der Waals surface area contributed by atoms with Gasteiger partial charge in [-0.05, 0) is 38.3 Å². The summed E-state index contributed by atoms with van der Waals surface area (Å²) in [6.07, 6.45) is 2.75. The Labute approximate surface area is 92.5 Å². The van der Waals surface area contributed by atoms with E-state index in [1.165, 1.54) is 5.56 Å². The van der Waals surface area contributed by atoms with E-state index in [2.05, 4.69) is 26.0 Å². The van der Waals surface area contributed by atoms with Crippen LogP contribution in [0.3, 0.4) is 0 Å². The molecule has 1 rings (SSSR count). The van der Waals surface area contributed by atoms with E-state index in [0.717, 1.165) is 29.5 Å². The van der Waals surface area contributed by atoms with Gasteiger partial charge in [0.2, 0.25) is 0 Å². The van der Waals surface area contributed by atoms with Crippen LogP contribution in [0.25, 0.3) is 0 Å². The van der Waals surface area contributed by atoms with Gasteiger partial charge in [-0.15, -0.1) is 0 Å². The summed E-state index contributed by atoms with van der Waals surface area (Å²) in [4.78, 5) is 12.0. The van der Waals surface area contributed by atoms with Gasteiger partial charge in [0.05, 0.1) is 0 Å². The predicted octanol–water partition coefficient (Wildman–Crippen LogP) is 3.98. The van der Waals surface area contributed by atoms with Crippen molar-refractivity contribution in [3.05, 3.63) is 34.4 Å². The zero-order chi connectivity index (χ0) is 11.4. The lowest BCUT2D eigenvalue weighted by Crippen LogP contribution is -2.04. The molecule has 0 N–H and O–H groups in total. The van der Waals surface area contributed by atoms with Crippen LogP contribution in [0.4, 0.5) is 0 Å². The first-order valence-corrected chi connectivity index (χ1v) is 5.67. The van der Waals surface area contributed by atoms with Crippen LogP contribution in [0.5, 0.6) is 0 Å². The summed E-state index contributed by atoms with van der Waals surface area (Å²) in [7, 11) is 0. The number of hydrogen-bond donors (Lipinski definition) is 0. The molecule has 0 atom stereocenters. The number of Topliss-reactive ketones (excluding diaryl/α,β-unsaturated/α-hetero) is 1. The SMILES string of the molecule is CCCCC(=O)c1c(C)cc(C)cc1C. The molecule has 0 aromatic heterocycles. The Hall–Kier alpha value is -1.11. The first kappa shape index (κ1) is 12.0. The van der Waals surface area contributed by atoms with Gasteiger partial charge in [0.1, 0.15) is 0 Å². The minimum Gasteiger partial charge on any atom is -0.294 e. The van der Waals surface area contributed by atoms with Crippen molar-refractivity contribution >= 4 is 5.78 Å². The van der Waals surface area contributed by atoms with E-state index in [1.807, 2.05) is 13.8 Å². The van der Waals surface area contributed by atoms with Crippen molar-refractivity contribution in [3.8, 4) is 0 Å². The van der Waals surface area contributed by atoms with Crippen molar-refractivity contribution < 1.29 is 4.79 Å². The summed E-state index contributed by atoms with van der Waals surface area (Å²) in [6, 6.07) is 4.18. The Kier molecular flexibility index (Phi) is 4.07. The van der Waals surface area contributed by atoms with E-state index in [0.29, 0.717) is 12.2 Å². The van der Waals surface area contributed by atoms with Crippen LogP contribution in [0, 0.1) is 20.8 Å². The average Bonchev–Trinajstić information content (AvgIpc) is 2.12. The molecule has 0 saturated heterocycles. The Balaban J connectivity index is 2.98. The lowest BCUT2D eigenvalue weighted by Gasteiger charge is -2.09. The summed E-state index contributed by atoms with van der Waals surface area (Å²) < 4.78 is 0. The third-order valence-electron chi connectivity index (χ3n) is 2.71. The average molecular weight is 204 g/mol. The molecule has 0 bridgehead atoms. The number of hydrogen-bond acceptors (Lipinski definition) is 1. The maximum absolute atomic E-state index is 12.0. The summed E-state index contributed by atoms with van der Waals surface area (Å²) in [5.41, 5.74) is 4.41. The number of rotatable bonds is 4. The number of carbonyl (C=O) groups is 1. The molecule has 0 heterocycles. The molecule has 0 aliphatic carbocycles. The van der Waals surface area contributed by atoms with Gasteiger partial charge in [-0.1, -0.05) is 31.0 Å². The van der Waals surface area contributed by atoms with E-state index in [9.17, 15) is 4.79 Å². The van der Waals surface area contributed by atoms with E-state index in [4.69, 9.17) is 0 Å². The second-order valence-corrected chi connectivity index (χ2v) is 4.30. The third kappa shape index (κ3) is 2.92. The summed E-state index contributed by atoms with van der Waals surface area (Å²) >= 11 is 0. The van der Waals surface area contributed by atoms with Crippen molar-refractivity contribution in [2.45, 2.75) is 47.0 Å². The van der Waals surface area contributed by atoms with E-state index < -0.39 is 0 Å². The van der Waals surface area contributed by atoms with Gasteiger partial charge in [-0.25, -0.2) is 0 Å². The Bertz CT molecular complexity index is 341. The quantitative estimate of drug-likeness (QED) is 0.678. The van der Waals surface area contributed by atoms with Crippen LogP contribution in [0.2, 0.25) is 0 Å². The molecule has 0 aliphatic rings. The van der Waals surface area contributed by atoms with Gasteiger partial charge >= 0.3 is 0 Å². The van der Waals surface area contributed by atoms with Crippen LogP contribution >= 0.6 is 0 Å². The second-order valence-electron chi connectivity index (χ2n) is 4.30. The lowest BCUT2D eigenvalue weighted by atomic mass is 9.94. The van der Waals surface area contributed by atoms with Crippen molar-refractivity contribution in [2.24, 2.45) is 0 Å². The van der Waals surface area contributed by atoms with Gasteiger partial charge in [0, 0.05) is 12.0 Å². The Morgan fingerprint density at radius 3 is 2.13 bits per heavy atom. The fraction of sp³-hybridized carbons (Fsp3) is 0.500. The summed E-state index contributed by atoms with van der Waals surface area (Å²) in [6.45, 7) is 8.24. The van der Waals surface area contributed by atoms with Crippen molar-refractivity contribution in [1.82, 2.24) is 0 Å². The van der Waals surface area contributed by atoms with E-state index in [-0.39, 0.29) is 0 Å². The molecule has 0 amide bonds. The highest BCUT2D eigenvalue weighted by molar-refractivity contribution is 5.98. The Morgan fingerprint density at radius 1 is 1.13 bits per heavy atom. The van der Waals surface area contributed by atoms with Crippen LogP contribution in [0.1, 0.15) is 53.2 Å². The fourth-order valence-electron chi connectivity index (χ4n) is 2.08. The highest BCUT2D eigenvalue weighted by Gasteiger charge is 2.11. The van der Waals surface area contributed by atoms with Crippen LogP contribution in [-0.2, 0) is 0 Å². The van der Waals surface area contributed by atoms with Gasteiger partial charge in [0.15, 0.2) is 5.78 Å². The summed E-state index contributed by atoms with van der Waals surface area (Å²) in [5, 5.41) is 0. The zero-order valence-electron chi connectivity index (χ0n) is 10.2. The molecule has 1 nitrogen and oxygen atoms in total. The zero-order valence-corrected chi connectivity index (χ0v) is 10.2. The molecule has 1 heteroatoms. The van der Waals surface area contributed by atoms with Crippen molar-refractivity contribution in [3.63, 3.8) is 0 Å². The number of ketones is 1. The minimum atomic E-state index is 0.298. The smallest absolute Gasteiger partial charge is 0.163 e. The normalized spacial score (nSPS) is 10.4. The highest BCUT2D eigenvalue weighted by atomic mass is 16.1. The predicted molar refractivity (Wildman–Crippen MR) is 64.5 cm³/mol. The van der Waals surface area contributed by atoms with Crippen molar-refractivity contribution in [2.75, 3.05) is 0 Å². The number of aryl methyl sites for hydroxylation is 3. The van der Waals surface area contributed by atoms with Crippen molar-refractivity contribution in [1.29, 1.82) is 0 Å². The van der Waals surface area contributed by atoms with Gasteiger partial charge < -0.3 is 0 Å².